The van der Waals surface area contributed by atoms with E-state index in [0.29, 0.717) is 30.3 Å². The Balaban J connectivity index is 2.11. The van der Waals surface area contributed by atoms with Gasteiger partial charge in [0.25, 0.3) is 0 Å². The predicted molar refractivity (Wildman–Crippen MR) is 89.4 cm³/mol. The molecule has 1 unspecified atom stereocenters. The Morgan fingerprint density at radius 3 is 2.70 bits per heavy atom. The number of nitrogens with zero attached hydrogens (tertiary/aromatic N) is 3. The van der Waals surface area contributed by atoms with Gasteiger partial charge in [0.2, 0.25) is 0 Å². The van der Waals surface area contributed by atoms with E-state index in [1.54, 1.807) is 23.2 Å². The lowest BCUT2D eigenvalue weighted by molar-refractivity contribution is 0.0218. The molecule has 0 spiro atoms. The zero-order chi connectivity index (χ0) is 17.2. The number of amides is 1. The molecule has 1 aliphatic rings. The molecule has 2 rings (SSSR count). The van der Waals surface area contributed by atoms with Gasteiger partial charge in [-0.25, -0.2) is 19.1 Å². The highest BCUT2D eigenvalue weighted by Crippen LogP contribution is 2.24. The summed E-state index contributed by atoms with van der Waals surface area (Å²) in [5, 5.41) is 5.53. The van der Waals surface area contributed by atoms with Crippen LogP contribution in [0.2, 0.25) is 0 Å². The zero-order valence-corrected chi connectivity index (χ0v) is 14.8. The molecule has 1 aliphatic heterocycles. The number of rotatable bonds is 2. The van der Waals surface area contributed by atoms with Crippen molar-refractivity contribution in [3.8, 4) is 0 Å². The fourth-order valence-corrected chi connectivity index (χ4v) is 3.08. The van der Waals surface area contributed by atoms with Crippen molar-refractivity contribution in [3.05, 3.63) is 18.3 Å². The van der Waals surface area contributed by atoms with Crippen molar-refractivity contribution in [2.24, 2.45) is 5.14 Å². The van der Waals surface area contributed by atoms with Gasteiger partial charge in [0, 0.05) is 31.9 Å². The number of hydrogen-bond donors (Lipinski definition) is 1. The van der Waals surface area contributed by atoms with E-state index in [2.05, 4.69) is 4.98 Å². The number of pyridine rings is 1. The van der Waals surface area contributed by atoms with Crippen LogP contribution in [0.15, 0.2) is 23.2 Å². The largest absolute Gasteiger partial charge is 0.444 e. The molecule has 0 saturated carbocycles. The number of carbonyl (C=O) groups is 1. The molecule has 128 valence electrons. The van der Waals surface area contributed by atoms with E-state index in [1.807, 2.05) is 32.6 Å². The normalized spacial score (nSPS) is 20.3. The van der Waals surface area contributed by atoms with Crippen molar-refractivity contribution in [1.29, 1.82) is 0 Å². The smallest absolute Gasteiger partial charge is 0.410 e. The van der Waals surface area contributed by atoms with Gasteiger partial charge in [-0.3, -0.25) is 0 Å². The number of anilines is 1. The second-order valence-electron chi connectivity index (χ2n) is 6.59. The number of ether oxygens (including phenoxy) is 1. The summed E-state index contributed by atoms with van der Waals surface area (Å²) in [6.45, 7) is 9.16. The fourth-order valence-electron chi connectivity index (χ4n) is 2.52. The van der Waals surface area contributed by atoms with Gasteiger partial charge in [-0.2, -0.15) is 0 Å². The van der Waals surface area contributed by atoms with Gasteiger partial charge in [0.05, 0.1) is 4.90 Å². The maximum Gasteiger partial charge on any atom is 0.410 e. The third kappa shape index (κ3) is 4.42. The van der Waals surface area contributed by atoms with Gasteiger partial charge in [0.15, 0.2) is 0 Å². The number of carbonyl (C=O) groups excluding carboxylic acids is 1. The summed E-state index contributed by atoms with van der Waals surface area (Å²) in [4.78, 5) is 20.7. The Hall–Kier alpha value is -1.67. The van der Waals surface area contributed by atoms with E-state index < -0.39 is 16.6 Å². The molecule has 1 saturated heterocycles. The minimum atomic E-state index is -1.60. The van der Waals surface area contributed by atoms with Gasteiger partial charge < -0.3 is 14.5 Å². The average Bonchev–Trinajstić information content (AvgIpc) is 2.45. The maximum atomic E-state index is 12.2. The van der Waals surface area contributed by atoms with E-state index in [4.69, 9.17) is 9.88 Å². The lowest BCUT2D eigenvalue weighted by Gasteiger charge is -2.41. The Kier molecular flexibility index (Phi) is 5.26. The van der Waals surface area contributed by atoms with Crippen molar-refractivity contribution in [3.63, 3.8) is 0 Å². The highest BCUT2D eigenvalue weighted by atomic mass is 32.2. The summed E-state index contributed by atoms with van der Waals surface area (Å²) >= 11 is 0. The molecular formula is C15H24N4O3S. The van der Waals surface area contributed by atoms with Crippen LogP contribution in [0.5, 0.6) is 0 Å². The van der Waals surface area contributed by atoms with Gasteiger partial charge in [-0.15, -0.1) is 0 Å². The summed E-state index contributed by atoms with van der Waals surface area (Å²) in [5.41, 5.74) is -0.512. The number of hydrogen-bond acceptors (Lipinski definition) is 5. The Labute approximate surface area is 139 Å². The first-order valence-electron chi connectivity index (χ1n) is 7.55. The van der Waals surface area contributed by atoms with Crippen molar-refractivity contribution in [2.45, 2.75) is 44.2 Å². The highest BCUT2D eigenvalue weighted by molar-refractivity contribution is 7.82. The van der Waals surface area contributed by atoms with Crippen LogP contribution in [0.3, 0.4) is 0 Å². The van der Waals surface area contributed by atoms with Crippen molar-refractivity contribution in [1.82, 2.24) is 9.88 Å². The van der Waals surface area contributed by atoms with E-state index >= 15 is 0 Å². The molecule has 2 atom stereocenters. The van der Waals surface area contributed by atoms with Crippen molar-refractivity contribution in [2.75, 3.05) is 24.5 Å². The lowest BCUT2D eigenvalue weighted by Crippen LogP contribution is -2.55. The summed E-state index contributed by atoms with van der Waals surface area (Å²) in [7, 11) is -1.60. The Morgan fingerprint density at radius 1 is 1.43 bits per heavy atom. The quantitative estimate of drug-likeness (QED) is 0.881. The molecule has 0 aliphatic carbocycles. The van der Waals surface area contributed by atoms with Crippen LogP contribution in [0.4, 0.5) is 10.6 Å². The van der Waals surface area contributed by atoms with Crippen molar-refractivity contribution < 1.29 is 13.7 Å². The van der Waals surface area contributed by atoms with Crippen LogP contribution in [-0.4, -0.2) is 51.5 Å². The molecule has 0 aromatic carbocycles. The summed E-state index contributed by atoms with van der Waals surface area (Å²) < 4.78 is 17.1. The number of aromatic nitrogens is 1. The second-order valence-corrected chi connectivity index (χ2v) is 7.63. The first kappa shape index (κ1) is 17.7. The fraction of sp³-hybridized carbons (Fsp3) is 0.600. The first-order valence-corrected chi connectivity index (χ1v) is 8.76. The monoisotopic (exact) mass is 340 g/mol. The van der Waals surface area contributed by atoms with Crippen LogP contribution in [0.1, 0.15) is 27.7 Å². The van der Waals surface area contributed by atoms with E-state index in [-0.39, 0.29) is 12.1 Å². The standard InChI is InChI=1S/C15H24N4O3S/c1-11-10-18(14(20)22-15(2,3)4)8-9-19(11)13-12(23(16)21)6-5-7-17-13/h5-7,11H,8-10,16H2,1-4H3/t11-,23?/m1/s1. The third-order valence-corrected chi connectivity index (χ3v) is 4.27. The molecule has 1 aromatic rings. The maximum absolute atomic E-state index is 12.2. The van der Waals surface area contributed by atoms with Crippen LogP contribution in [0, 0.1) is 0 Å². The van der Waals surface area contributed by atoms with Crippen LogP contribution in [0.25, 0.3) is 0 Å². The first-order chi connectivity index (χ1) is 10.7. The molecule has 1 fully saturated rings. The lowest BCUT2D eigenvalue weighted by atomic mass is 10.2. The molecule has 23 heavy (non-hydrogen) atoms. The Morgan fingerprint density at radius 2 is 2.13 bits per heavy atom. The molecule has 0 bridgehead atoms. The molecular weight excluding hydrogens is 316 g/mol. The minimum absolute atomic E-state index is 0.0217. The van der Waals surface area contributed by atoms with Gasteiger partial charge in [-0.1, -0.05) is 0 Å². The van der Waals surface area contributed by atoms with Crippen molar-refractivity contribution >= 4 is 22.9 Å². The van der Waals surface area contributed by atoms with E-state index in [9.17, 15) is 9.00 Å². The summed E-state index contributed by atoms with van der Waals surface area (Å²) in [6.07, 6.45) is 1.34. The predicted octanol–water partition coefficient (Wildman–Crippen LogP) is 1.51. The van der Waals surface area contributed by atoms with Crippen LogP contribution in [-0.2, 0) is 15.7 Å². The van der Waals surface area contributed by atoms with Gasteiger partial charge >= 0.3 is 6.09 Å². The SMILES string of the molecule is C[C@@H]1CN(C(=O)OC(C)(C)C)CCN1c1ncccc1S(N)=O. The number of piperazine rings is 1. The zero-order valence-electron chi connectivity index (χ0n) is 14.0. The number of nitrogens with two attached hydrogens (primary N) is 1. The molecule has 1 amide bonds. The van der Waals surface area contributed by atoms with E-state index in [1.165, 1.54) is 0 Å². The minimum Gasteiger partial charge on any atom is -0.444 e. The molecule has 2 heterocycles. The highest BCUT2D eigenvalue weighted by Gasteiger charge is 2.31. The second kappa shape index (κ2) is 6.84. The third-order valence-electron chi connectivity index (χ3n) is 3.52. The van der Waals surface area contributed by atoms with E-state index in [0.717, 1.165) is 0 Å². The molecule has 8 heteroatoms. The van der Waals surface area contributed by atoms with Gasteiger partial charge in [0.1, 0.15) is 22.4 Å². The molecule has 1 aromatic heterocycles. The van der Waals surface area contributed by atoms with Gasteiger partial charge in [-0.05, 0) is 39.8 Å². The Bertz CT molecular complexity index is 603. The van der Waals surface area contributed by atoms with Crippen LogP contribution >= 0.6 is 0 Å². The summed E-state index contributed by atoms with van der Waals surface area (Å²) in [6, 6.07) is 3.45. The summed E-state index contributed by atoms with van der Waals surface area (Å²) in [5.74, 6) is 0.615. The average molecular weight is 340 g/mol. The molecule has 2 N–H and O–H groups in total. The topological polar surface area (TPSA) is 88.8 Å². The molecule has 0 radical (unpaired) electrons. The molecule has 7 nitrogen and oxygen atoms in total. The van der Waals surface area contributed by atoms with Crippen LogP contribution < -0.4 is 10.0 Å².